The molecule has 4 N–H and O–H groups in total. The third-order valence-corrected chi connectivity index (χ3v) is 4.51. The van der Waals surface area contributed by atoms with Gasteiger partial charge in [-0.25, -0.2) is 9.88 Å². The first-order valence-corrected chi connectivity index (χ1v) is 10.5. The van der Waals surface area contributed by atoms with Crippen LogP contribution in [0.1, 0.15) is 47.3 Å². The van der Waals surface area contributed by atoms with Gasteiger partial charge in [-0.15, -0.1) is 0 Å². The molecule has 1 aliphatic heterocycles. The highest BCUT2D eigenvalue weighted by Crippen LogP contribution is 2.35. The molecule has 10 nitrogen and oxygen atoms in total. The monoisotopic (exact) mass is 418 g/mol. The van der Waals surface area contributed by atoms with Gasteiger partial charge in [0.15, 0.2) is 0 Å². The Balaban J connectivity index is 0.00000190. The van der Waals surface area contributed by atoms with E-state index in [2.05, 4.69) is 10.1 Å². The van der Waals surface area contributed by atoms with Crippen LogP contribution in [0.5, 0.6) is 0 Å². The molecule has 2 rings (SSSR count). The zero-order valence-corrected chi connectivity index (χ0v) is 17.9. The number of nitrogens with zero attached hydrogens (tertiary/aromatic N) is 2. The van der Waals surface area contributed by atoms with E-state index in [1.807, 2.05) is 20.8 Å². The van der Waals surface area contributed by atoms with Gasteiger partial charge in [0.25, 0.3) is 8.53 Å². The van der Waals surface area contributed by atoms with Crippen molar-refractivity contribution in [1.82, 2.24) is 14.6 Å². The maximum absolute atomic E-state index is 11.9. The zero-order valence-electron chi connectivity index (χ0n) is 17.0. The number of anilines is 1. The maximum Gasteiger partial charge on any atom is 0.351 e. The highest BCUT2D eigenvalue weighted by atomic mass is 31.2. The summed E-state index contributed by atoms with van der Waals surface area (Å²) in [5.74, 6) is -0.249. The van der Waals surface area contributed by atoms with E-state index in [1.54, 1.807) is 20.0 Å². The number of carbonyl (C=O) groups excluding carboxylic acids is 1. The van der Waals surface area contributed by atoms with Crippen LogP contribution in [-0.4, -0.2) is 45.8 Å². The van der Waals surface area contributed by atoms with Crippen LogP contribution in [0.3, 0.4) is 0 Å². The van der Waals surface area contributed by atoms with Crippen LogP contribution in [-0.2, 0) is 18.8 Å². The molecule has 1 saturated heterocycles. The molecule has 1 aliphatic rings. The van der Waals surface area contributed by atoms with Crippen molar-refractivity contribution >= 4 is 20.3 Å². The van der Waals surface area contributed by atoms with Gasteiger partial charge in [0, 0.05) is 12.1 Å². The summed E-state index contributed by atoms with van der Waals surface area (Å²) in [5, 5.41) is 2.57. The lowest BCUT2D eigenvalue weighted by atomic mass is 10.1. The molecule has 0 aromatic carbocycles. The standard InChI is InChI=1S/C15H25N4O6P.C2H6/c1-9(2)24-13(20)7-17-26(22)23-8-11-6-10(3)14(25-11)19-5-4-12(16)18-15(19)21;1-2/h4-5,9-11,14,17,22H,6-8H2,1-3H3,(H2,16,18,21);1-2H3. The lowest BCUT2D eigenvalue weighted by Crippen LogP contribution is -2.29. The Morgan fingerprint density at radius 1 is 1.54 bits per heavy atom. The molecule has 0 saturated carbocycles. The molecular weight excluding hydrogens is 387 g/mol. The molecule has 160 valence electrons. The highest BCUT2D eigenvalue weighted by Gasteiger charge is 2.34. The number of nitrogens with one attached hydrogen (secondary N) is 1. The van der Waals surface area contributed by atoms with Gasteiger partial charge in [-0.1, -0.05) is 20.8 Å². The molecular formula is C17H31N4O6P. The molecule has 2 heterocycles. The minimum Gasteiger partial charge on any atom is -0.462 e. The molecule has 0 amide bonds. The van der Waals surface area contributed by atoms with Gasteiger partial charge in [-0.2, -0.15) is 4.98 Å². The number of ether oxygens (including phenoxy) is 2. The molecule has 0 spiro atoms. The van der Waals surface area contributed by atoms with Crippen LogP contribution in [0.4, 0.5) is 5.82 Å². The van der Waals surface area contributed by atoms with Gasteiger partial charge in [0.1, 0.15) is 18.6 Å². The average molecular weight is 418 g/mol. The van der Waals surface area contributed by atoms with Gasteiger partial charge < -0.3 is 24.6 Å². The first-order chi connectivity index (χ1) is 13.3. The van der Waals surface area contributed by atoms with Crippen molar-refractivity contribution in [2.75, 3.05) is 18.9 Å². The lowest BCUT2D eigenvalue weighted by Gasteiger charge is -2.18. The normalized spacial score (nSPS) is 22.5. The summed E-state index contributed by atoms with van der Waals surface area (Å²) >= 11 is 0. The van der Waals surface area contributed by atoms with E-state index in [-0.39, 0.29) is 37.1 Å². The molecule has 4 unspecified atom stereocenters. The topological polar surface area (TPSA) is 138 Å². The fourth-order valence-corrected chi connectivity index (χ4v) is 3.28. The van der Waals surface area contributed by atoms with E-state index in [0.717, 1.165) is 0 Å². The van der Waals surface area contributed by atoms with E-state index in [9.17, 15) is 14.5 Å². The van der Waals surface area contributed by atoms with Crippen LogP contribution in [0, 0.1) is 5.92 Å². The van der Waals surface area contributed by atoms with Crippen LogP contribution in [0.2, 0.25) is 0 Å². The Bertz CT molecular complexity index is 671. The van der Waals surface area contributed by atoms with Crippen molar-refractivity contribution in [3.8, 4) is 0 Å². The van der Waals surface area contributed by atoms with Gasteiger partial charge in [0.05, 0.1) is 18.8 Å². The van der Waals surface area contributed by atoms with Crippen molar-refractivity contribution in [3.05, 3.63) is 22.7 Å². The Morgan fingerprint density at radius 3 is 2.82 bits per heavy atom. The number of nitrogen functional groups attached to an aromatic ring is 1. The van der Waals surface area contributed by atoms with Gasteiger partial charge in [0.2, 0.25) is 0 Å². The first-order valence-electron chi connectivity index (χ1n) is 9.31. The Labute approximate surface area is 166 Å². The summed E-state index contributed by atoms with van der Waals surface area (Å²) in [6.45, 7) is 9.43. The summed E-state index contributed by atoms with van der Waals surface area (Å²) in [6.07, 6.45) is 1.23. The largest absolute Gasteiger partial charge is 0.462 e. The number of rotatable bonds is 8. The maximum atomic E-state index is 11.9. The predicted octanol–water partition coefficient (Wildman–Crippen LogP) is 1.55. The molecule has 1 fully saturated rings. The fourth-order valence-electron chi connectivity index (χ4n) is 2.62. The Hall–Kier alpha value is -1.58. The van der Waals surface area contributed by atoms with Gasteiger partial charge in [-0.05, 0) is 26.3 Å². The first kappa shape index (κ1) is 24.5. The second kappa shape index (κ2) is 12.1. The number of nitrogens with two attached hydrogens (primary N) is 1. The smallest absolute Gasteiger partial charge is 0.351 e. The van der Waals surface area contributed by atoms with E-state index in [1.165, 1.54) is 10.6 Å². The molecule has 0 radical (unpaired) electrons. The SMILES string of the molecule is CC.CC(C)OC(=O)CNP(O)OCC1CC(C)C(n2ccc(N)nc2=O)O1. The summed E-state index contributed by atoms with van der Waals surface area (Å²) < 4.78 is 17.5. The zero-order chi connectivity index (χ0) is 21.3. The molecule has 11 heteroatoms. The molecule has 0 aliphatic carbocycles. The number of hydrogen-bond donors (Lipinski definition) is 3. The summed E-state index contributed by atoms with van der Waals surface area (Å²) in [7, 11) is -1.98. The average Bonchev–Trinajstić information content (AvgIpc) is 3.00. The third kappa shape index (κ3) is 7.81. The fraction of sp³-hybridized carbons (Fsp3) is 0.706. The van der Waals surface area contributed by atoms with E-state index in [4.69, 9.17) is 19.7 Å². The second-order valence-corrected chi connectivity index (χ2v) is 7.47. The number of esters is 1. The minimum atomic E-state index is -1.98. The van der Waals surface area contributed by atoms with Crippen molar-refractivity contribution in [1.29, 1.82) is 0 Å². The van der Waals surface area contributed by atoms with Crippen LogP contribution < -0.4 is 16.5 Å². The second-order valence-electron chi connectivity index (χ2n) is 6.35. The van der Waals surface area contributed by atoms with Gasteiger partial charge in [-0.3, -0.25) is 9.36 Å². The summed E-state index contributed by atoms with van der Waals surface area (Å²) in [4.78, 5) is 36.8. The Morgan fingerprint density at radius 2 is 2.21 bits per heavy atom. The Kier molecular flexibility index (Phi) is 10.6. The van der Waals surface area contributed by atoms with E-state index in [0.29, 0.717) is 6.42 Å². The predicted molar refractivity (Wildman–Crippen MR) is 106 cm³/mol. The summed E-state index contributed by atoms with van der Waals surface area (Å²) in [5.41, 5.74) is 5.02. The van der Waals surface area contributed by atoms with Crippen molar-refractivity contribution in [2.24, 2.45) is 5.92 Å². The lowest BCUT2D eigenvalue weighted by molar-refractivity contribution is -0.145. The van der Waals surface area contributed by atoms with E-state index >= 15 is 0 Å². The highest BCUT2D eigenvalue weighted by molar-refractivity contribution is 7.43. The van der Waals surface area contributed by atoms with Crippen LogP contribution in [0.15, 0.2) is 17.1 Å². The third-order valence-electron chi connectivity index (χ3n) is 3.69. The van der Waals surface area contributed by atoms with Crippen molar-refractivity contribution < 1.29 is 23.7 Å². The molecule has 1 aromatic rings. The number of aromatic nitrogens is 2. The number of hydrogen-bond acceptors (Lipinski definition) is 9. The van der Waals surface area contributed by atoms with Crippen molar-refractivity contribution in [2.45, 2.75) is 59.5 Å². The quantitative estimate of drug-likeness (QED) is 0.424. The molecule has 28 heavy (non-hydrogen) atoms. The number of carbonyl (C=O) groups is 1. The van der Waals surface area contributed by atoms with Gasteiger partial charge >= 0.3 is 11.7 Å². The molecule has 4 atom stereocenters. The summed E-state index contributed by atoms with van der Waals surface area (Å²) in [6, 6.07) is 1.54. The van der Waals surface area contributed by atoms with E-state index < -0.39 is 26.4 Å². The van der Waals surface area contributed by atoms with Crippen LogP contribution >= 0.6 is 8.53 Å². The molecule has 1 aromatic heterocycles. The molecule has 0 bridgehead atoms. The minimum absolute atomic E-state index is 0.0608. The van der Waals surface area contributed by atoms with Crippen LogP contribution in [0.25, 0.3) is 0 Å². The van der Waals surface area contributed by atoms with Crippen molar-refractivity contribution in [3.63, 3.8) is 0 Å².